The van der Waals surface area contributed by atoms with Gasteiger partial charge in [0, 0.05) is 23.7 Å². The number of hydrogen-bond donors (Lipinski definition) is 0. The molecule has 8 heteroatoms. The Hall–Kier alpha value is -3.55. The Labute approximate surface area is 178 Å². The van der Waals surface area contributed by atoms with E-state index in [9.17, 15) is 9.18 Å². The number of carbonyl (C=O) groups is 1. The van der Waals surface area contributed by atoms with E-state index in [1.54, 1.807) is 12.3 Å². The molecule has 7 nitrogen and oxygen atoms in total. The average Bonchev–Trinajstić information content (AvgIpc) is 3.24. The van der Waals surface area contributed by atoms with Crippen molar-refractivity contribution in [3.63, 3.8) is 0 Å². The van der Waals surface area contributed by atoms with Crippen LogP contribution in [-0.4, -0.2) is 32.6 Å². The van der Waals surface area contributed by atoms with Crippen LogP contribution in [0.15, 0.2) is 35.0 Å². The Bertz CT molecular complexity index is 1260. The number of rotatable bonds is 7. The standard InChI is InChI=1S/C23H23FN4O3/c1-13(29)12-28-21(8-6-16-5-7-20(30-4)18(24)9-16)26-19-10-17(11-25-23(19)28)22-14(2)27-31-15(22)3/h5,7,9-11H,6,8,12H2,1-4H3. The monoisotopic (exact) mass is 422 g/mol. The highest BCUT2D eigenvalue weighted by Crippen LogP contribution is 2.29. The highest BCUT2D eigenvalue weighted by atomic mass is 19.1. The van der Waals surface area contributed by atoms with Crippen molar-refractivity contribution in [1.82, 2.24) is 19.7 Å². The van der Waals surface area contributed by atoms with E-state index in [2.05, 4.69) is 10.1 Å². The first-order valence-electron chi connectivity index (χ1n) is 9.97. The summed E-state index contributed by atoms with van der Waals surface area (Å²) in [4.78, 5) is 21.2. The largest absolute Gasteiger partial charge is 0.494 e. The van der Waals surface area contributed by atoms with Gasteiger partial charge >= 0.3 is 0 Å². The van der Waals surface area contributed by atoms with Crippen LogP contribution in [0.2, 0.25) is 0 Å². The van der Waals surface area contributed by atoms with E-state index in [1.165, 1.54) is 20.1 Å². The number of methoxy groups -OCH3 is 1. The van der Waals surface area contributed by atoms with Crippen molar-refractivity contribution in [3.05, 3.63) is 59.1 Å². The molecule has 3 aromatic heterocycles. The summed E-state index contributed by atoms with van der Waals surface area (Å²) in [6.07, 6.45) is 2.85. The van der Waals surface area contributed by atoms with E-state index in [0.29, 0.717) is 29.8 Å². The van der Waals surface area contributed by atoms with Crippen LogP contribution >= 0.6 is 0 Å². The zero-order valence-electron chi connectivity index (χ0n) is 17.9. The second kappa shape index (κ2) is 8.29. The van der Waals surface area contributed by atoms with Gasteiger partial charge in [-0.15, -0.1) is 0 Å². The minimum absolute atomic E-state index is 0.00708. The number of fused-ring (bicyclic) bond motifs is 1. The highest BCUT2D eigenvalue weighted by molar-refractivity contribution is 5.82. The number of hydrogen-bond acceptors (Lipinski definition) is 6. The molecule has 0 aliphatic rings. The van der Waals surface area contributed by atoms with Gasteiger partial charge in [-0.2, -0.15) is 0 Å². The Morgan fingerprint density at radius 1 is 1.23 bits per heavy atom. The van der Waals surface area contributed by atoms with Crippen molar-refractivity contribution in [1.29, 1.82) is 0 Å². The van der Waals surface area contributed by atoms with Crippen LogP contribution in [0, 0.1) is 19.7 Å². The Morgan fingerprint density at radius 3 is 2.68 bits per heavy atom. The van der Waals surface area contributed by atoms with Gasteiger partial charge in [-0.3, -0.25) is 4.79 Å². The fourth-order valence-corrected chi connectivity index (χ4v) is 3.79. The molecular formula is C23H23FN4O3. The summed E-state index contributed by atoms with van der Waals surface area (Å²) in [5.74, 6) is 1.26. The highest BCUT2D eigenvalue weighted by Gasteiger charge is 2.17. The van der Waals surface area contributed by atoms with Gasteiger partial charge in [0.25, 0.3) is 0 Å². The molecule has 0 radical (unpaired) electrons. The van der Waals surface area contributed by atoms with Crippen LogP contribution in [0.3, 0.4) is 0 Å². The van der Waals surface area contributed by atoms with Gasteiger partial charge in [-0.05, 0) is 51.0 Å². The Kier molecular flexibility index (Phi) is 5.54. The fourth-order valence-electron chi connectivity index (χ4n) is 3.79. The molecular weight excluding hydrogens is 399 g/mol. The second-order valence-corrected chi connectivity index (χ2v) is 7.55. The third-order valence-corrected chi connectivity index (χ3v) is 5.22. The van der Waals surface area contributed by atoms with Crippen LogP contribution in [0.25, 0.3) is 22.3 Å². The number of imidazole rings is 1. The quantitative estimate of drug-likeness (QED) is 0.443. The van der Waals surface area contributed by atoms with Gasteiger partial charge in [0.05, 0.1) is 19.3 Å². The van der Waals surface area contributed by atoms with Gasteiger partial charge in [0.2, 0.25) is 0 Å². The number of nitrogens with zero attached hydrogens (tertiary/aromatic N) is 4. The predicted molar refractivity (Wildman–Crippen MR) is 114 cm³/mol. The lowest BCUT2D eigenvalue weighted by Gasteiger charge is -2.08. The van der Waals surface area contributed by atoms with Crippen molar-refractivity contribution in [2.75, 3.05) is 7.11 Å². The molecule has 0 saturated carbocycles. The number of ether oxygens (including phenoxy) is 1. The Morgan fingerprint density at radius 2 is 2.03 bits per heavy atom. The first kappa shape index (κ1) is 20.7. The minimum atomic E-state index is -0.400. The lowest BCUT2D eigenvalue weighted by atomic mass is 10.1. The molecule has 0 fully saturated rings. The number of ketones is 1. The summed E-state index contributed by atoms with van der Waals surface area (Å²) in [6, 6.07) is 6.83. The maximum Gasteiger partial charge on any atom is 0.165 e. The van der Waals surface area contributed by atoms with Gasteiger partial charge in [-0.1, -0.05) is 11.2 Å². The van der Waals surface area contributed by atoms with Crippen LogP contribution in [-0.2, 0) is 24.2 Å². The summed E-state index contributed by atoms with van der Waals surface area (Å²) in [7, 11) is 1.44. The van der Waals surface area contributed by atoms with Crippen LogP contribution < -0.4 is 4.74 Å². The van der Waals surface area contributed by atoms with E-state index >= 15 is 0 Å². The molecule has 31 heavy (non-hydrogen) atoms. The summed E-state index contributed by atoms with van der Waals surface area (Å²) in [5.41, 5.74) is 4.69. The topological polar surface area (TPSA) is 83.0 Å². The fraction of sp³-hybridized carbons (Fsp3) is 0.304. The lowest BCUT2D eigenvalue weighted by Crippen LogP contribution is -2.11. The molecule has 3 heterocycles. The van der Waals surface area contributed by atoms with Crippen molar-refractivity contribution in [2.45, 2.75) is 40.2 Å². The number of Topliss-reactive ketones (excluding diaryl/α,β-unsaturated/α-hetero) is 1. The van der Waals surface area contributed by atoms with Crippen molar-refractivity contribution in [3.8, 4) is 16.9 Å². The second-order valence-electron chi connectivity index (χ2n) is 7.55. The van der Waals surface area contributed by atoms with Crippen molar-refractivity contribution in [2.24, 2.45) is 0 Å². The van der Waals surface area contributed by atoms with E-state index in [4.69, 9.17) is 14.2 Å². The van der Waals surface area contributed by atoms with Crippen LogP contribution in [0.5, 0.6) is 5.75 Å². The van der Waals surface area contributed by atoms with Crippen molar-refractivity contribution < 1.29 is 18.4 Å². The van der Waals surface area contributed by atoms with Crippen LogP contribution in [0.4, 0.5) is 4.39 Å². The normalized spacial score (nSPS) is 11.3. The molecule has 4 rings (SSSR count). The average molecular weight is 422 g/mol. The maximum atomic E-state index is 14.0. The third-order valence-electron chi connectivity index (χ3n) is 5.22. The van der Waals surface area contributed by atoms with Crippen LogP contribution in [0.1, 0.15) is 29.8 Å². The number of aryl methyl sites for hydroxylation is 4. The summed E-state index contributed by atoms with van der Waals surface area (Å²) >= 11 is 0. The van der Waals surface area contributed by atoms with E-state index in [0.717, 1.165) is 28.2 Å². The number of benzene rings is 1. The smallest absolute Gasteiger partial charge is 0.165 e. The molecule has 160 valence electrons. The third kappa shape index (κ3) is 4.05. The Balaban J connectivity index is 1.69. The first-order valence-corrected chi connectivity index (χ1v) is 9.97. The first-order chi connectivity index (χ1) is 14.9. The summed E-state index contributed by atoms with van der Waals surface area (Å²) in [5, 5.41) is 4.00. The van der Waals surface area contributed by atoms with E-state index in [-0.39, 0.29) is 18.1 Å². The molecule has 0 saturated heterocycles. The van der Waals surface area contributed by atoms with E-state index in [1.807, 2.05) is 30.5 Å². The van der Waals surface area contributed by atoms with Crippen molar-refractivity contribution >= 4 is 16.9 Å². The zero-order valence-corrected chi connectivity index (χ0v) is 17.9. The number of aromatic nitrogens is 4. The molecule has 1 aromatic carbocycles. The molecule has 0 bridgehead atoms. The molecule has 0 spiro atoms. The van der Waals surface area contributed by atoms with Gasteiger partial charge in [0.1, 0.15) is 22.9 Å². The summed E-state index contributed by atoms with van der Waals surface area (Å²) in [6.45, 7) is 5.45. The lowest BCUT2D eigenvalue weighted by molar-refractivity contribution is -0.117. The molecule has 0 unspecified atom stereocenters. The number of pyridine rings is 1. The number of carbonyl (C=O) groups excluding carboxylic acids is 1. The molecule has 0 aliphatic heterocycles. The predicted octanol–water partition coefficient (Wildman–Crippen LogP) is 4.23. The number of halogens is 1. The van der Waals surface area contributed by atoms with Gasteiger partial charge in [-0.25, -0.2) is 14.4 Å². The molecule has 0 atom stereocenters. The molecule has 0 amide bonds. The molecule has 4 aromatic rings. The minimum Gasteiger partial charge on any atom is -0.494 e. The van der Waals surface area contributed by atoms with Gasteiger partial charge < -0.3 is 13.8 Å². The molecule has 0 aliphatic carbocycles. The summed E-state index contributed by atoms with van der Waals surface area (Å²) < 4.78 is 26.1. The SMILES string of the molecule is COc1ccc(CCc2nc3cc(-c4c(C)noc4C)cnc3n2CC(C)=O)cc1F. The maximum absolute atomic E-state index is 14.0. The van der Waals surface area contributed by atoms with Gasteiger partial charge in [0.15, 0.2) is 17.2 Å². The molecule has 0 N–H and O–H groups in total. The van der Waals surface area contributed by atoms with E-state index < -0.39 is 5.82 Å². The zero-order chi connectivity index (χ0) is 22.1.